The lowest BCUT2D eigenvalue weighted by Gasteiger charge is -2.10. The number of halogens is 1. The number of hydrogen-bond donors (Lipinski definition) is 2. The number of anilines is 1. The fourth-order valence-electron chi connectivity index (χ4n) is 2.03. The van der Waals surface area contributed by atoms with Crippen molar-refractivity contribution in [2.75, 3.05) is 18.5 Å². The largest absolute Gasteiger partial charge is 0.481 e. The molecular weight excluding hydrogens is 360 g/mol. The molecule has 0 radical (unpaired) electrons. The van der Waals surface area contributed by atoms with Crippen LogP contribution in [0.2, 0.25) is 5.02 Å². The van der Waals surface area contributed by atoms with Gasteiger partial charge in [0.05, 0.1) is 16.3 Å². The molecule has 2 amide bonds. The number of ether oxygens (including phenoxy) is 2. The van der Waals surface area contributed by atoms with Crippen molar-refractivity contribution in [2.24, 2.45) is 5.73 Å². The van der Waals surface area contributed by atoms with Gasteiger partial charge in [-0.2, -0.15) is 0 Å². The smallest absolute Gasteiger partial charge is 0.344 e. The second-order valence-corrected chi connectivity index (χ2v) is 5.75. The van der Waals surface area contributed by atoms with Crippen LogP contribution in [0.5, 0.6) is 5.75 Å². The van der Waals surface area contributed by atoms with E-state index < -0.39 is 31.0 Å². The molecule has 0 heterocycles. The van der Waals surface area contributed by atoms with Gasteiger partial charge in [-0.3, -0.25) is 9.59 Å². The Labute approximate surface area is 155 Å². The van der Waals surface area contributed by atoms with Crippen LogP contribution in [-0.4, -0.2) is 31.0 Å². The van der Waals surface area contributed by atoms with E-state index in [1.807, 2.05) is 6.92 Å². The van der Waals surface area contributed by atoms with E-state index in [0.717, 1.165) is 5.56 Å². The zero-order chi connectivity index (χ0) is 19.1. The topological polar surface area (TPSA) is 108 Å². The Balaban J connectivity index is 1.81. The van der Waals surface area contributed by atoms with Crippen molar-refractivity contribution in [3.8, 4) is 5.75 Å². The summed E-state index contributed by atoms with van der Waals surface area (Å²) in [6.07, 6.45) is 0. The highest BCUT2D eigenvalue weighted by Crippen LogP contribution is 2.22. The Hall–Kier alpha value is -3.06. The maximum Gasteiger partial charge on any atom is 0.344 e. The minimum absolute atomic E-state index is 0.145. The van der Waals surface area contributed by atoms with Gasteiger partial charge < -0.3 is 20.5 Å². The SMILES string of the molecule is Cc1ccc(NC(=O)COC(=O)COc2ccccc2C(N)=O)c(Cl)c1. The zero-order valence-corrected chi connectivity index (χ0v) is 14.7. The van der Waals surface area contributed by atoms with Gasteiger partial charge in [0.25, 0.3) is 11.8 Å². The maximum absolute atomic E-state index is 11.8. The summed E-state index contributed by atoms with van der Waals surface area (Å²) in [6, 6.07) is 11.4. The van der Waals surface area contributed by atoms with Crippen LogP contribution in [0.3, 0.4) is 0 Å². The second-order valence-electron chi connectivity index (χ2n) is 5.34. The van der Waals surface area contributed by atoms with Gasteiger partial charge in [-0.1, -0.05) is 29.8 Å². The number of nitrogens with one attached hydrogen (secondary N) is 1. The molecule has 26 heavy (non-hydrogen) atoms. The van der Waals surface area contributed by atoms with Gasteiger partial charge in [-0.15, -0.1) is 0 Å². The number of rotatable bonds is 7. The molecule has 0 bridgehead atoms. The molecule has 0 aromatic heterocycles. The third-order valence-electron chi connectivity index (χ3n) is 3.26. The van der Waals surface area contributed by atoms with Crippen molar-refractivity contribution in [1.29, 1.82) is 0 Å². The molecule has 7 nitrogen and oxygen atoms in total. The average molecular weight is 377 g/mol. The van der Waals surface area contributed by atoms with Gasteiger partial charge in [0, 0.05) is 0 Å². The van der Waals surface area contributed by atoms with E-state index in [9.17, 15) is 14.4 Å². The predicted octanol–water partition coefficient (Wildman–Crippen LogP) is 2.31. The van der Waals surface area contributed by atoms with E-state index >= 15 is 0 Å². The summed E-state index contributed by atoms with van der Waals surface area (Å²) in [6.45, 7) is 0.905. The Kier molecular flexibility index (Phi) is 6.57. The number of esters is 1. The first-order chi connectivity index (χ1) is 12.4. The van der Waals surface area contributed by atoms with Crippen LogP contribution in [0.1, 0.15) is 15.9 Å². The molecule has 0 atom stereocenters. The highest BCUT2D eigenvalue weighted by atomic mass is 35.5. The van der Waals surface area contributed by atoms with Gasteiger partial charge in [0.1, 0.15) is 5.75 Å². The average Bonchev–Trinajstić information content (AvgIpc) is 2.60. The molecule has 2 aromatic rings. The minimum Gasteiger partial charge on any atom is -0.481 e. The zero-order valence-electron chi connectivity index (χ0n) is 14.0. The molecule has 0 saturated heterocycles. The monoisotopic (exact) mass is 376 g/mol. The first kappa shape index (κ1) is 19.3. The van der Waals surface area contributed by atoms with E-state index in [4.69, 9.17) is 26.8 Å². The summed E-state index contributed by atoms with van der Waals surface area (Å²) in [5.41, 5.74) is 6.73. The molecule has 8 heteroatoms. The molecule has 2 aromatic carbocycles. The Morgan fingerprint density at radius 3 is 2.54 bits per heavy atom. The molecule has 0 unspecified atom stereocenters. The summed E-state index contributed by atoms with van der Waals surface area (Å²) >= 11 is 6.01. The highest BCUT2D eigenvalue weighted by Gasteiger charge is 2.13. The van der Waals surface area contributed by atoms with Gasteiger partial charge in [-0.25, -0.2) is 4.79 Å². The number of primary amides is 1. The van der Waals surface area contributed by atoms with E-state index in [-0.39, 0.29) is 11.3 Å². The molecule has 0 fully saturated rings. The lowest BCUT2D eigenvalue weighted by atomic mass is 10.2. The fraction of sp³-hybridized carbons (Fsp3) is 0.167. The molecule has 0 aliphatic rings. The third kappa shape index (κ3) is 5.49. The normalized spacial score (nSPS) is 10.1. The van der Waals surface area contributed by atoms with Crippen molar-refractivity contribution in [1.82, 2.24) is 0 Å². The fourth-order valence-corrected chi connectivity index (χ4v) is 2.31. The van der Waals surface area contributed by atoms with Crippen LogP contribution >= 0.6 is 11.6 Å². The summed E-state index contributed by atoms with van der Waals surface area (Å²) in [7, 11) is 0. The second kappa shape index (κ2) is 8.87. The number of carbonyl (C=O) groups is 3. The summed E-state index contributed by atoms with van der Waals surface area (Å²) in [4.78, 5) is 34.8. The van der Waals surface area contributed by atoms with Crippen molar-refractivity contribution in [2.45, 2.75) is 6.92 Å². The molecule has 0 saturated carbocycles. The van der Waals surface area contributed by atoms with E-state index in [1.54, 1.807) is 30.3 Å². The van der Waals surface area contributed by atoms with Gasteiger partial charge in [0.2, 0.25) is 0 Å². The standard InChI is InChI=1S/C18H17ClN2O5/c1-11-6-7-14(13(19)8-11)21-16(22)9-26-17(23)10-25-15-5-3-2-4-12(15)18(20)24/h2-8H,9-10H2,1H3,(H2,20,24)(H,21,22). The van der Waals surface area contributed by atoms with Gasteiger partial charge in [-0.05, 0) is 36.8 Å². The van der Waals surface area contributed by atoms with Crippen LogP contribution in [0.25, 0.3) is 0 Å². The summed E-state index contributed by atoms with van der Waals surface area (Å²) in [5, 5.41) is 2.93. The molecule has 2 rings (SSSR count). The highest BCUT2D eigenvalue weighted by molar-refractivity contribution is 6.33. The van der Waals surface area contributed by atoms with Crippen LogP contribution in [0.15, 0.2) is 42.5 Å². The molecule has 0 aliphatic carbocycles. The third-order valence-corrected chi connectivity index (χ3v) is 3.57. The van der Waals surface area contributed by atoms with Crippen molar-refractivity contribution < 1.29 is 23.9 Å². The maximum atomic E-state index is 11.8. The Morgan fingerprint density at radius 2 is 1.85 bits per heavy atom. The molecule has 3 N–H and O–H groups in total. The summed E-state index contributed by atoms with van der Waals surface area (Å²) < 4.78 is 10.0. The number of nitrogens with two attached hydrogens (primary N) is 1. The van der Waals surface area contributed by atoms with E-state index in [2.05, 4.69) is 5.32 Å². The van der Waals surface area contributed by atoms with Crippen molar-refractivity contribution in [3.63, 3.8) is 0 Å². The van der Waals surface area contributed by atoms with Crippen LogP contribution in [-0.2, 0) is 14.3 Å². The Bertz CT molecular complexity index is 838. The van der Waals surface area contributed by atoms with E-state index in [1.165, 1.54) is 12.1 Å². The number of carbonyl (C=O) groups excluding carboxylic acids is 3. The molecule has 0 aliphatic heterocycles. The first-order valence-electron chi connectivity index (χ1n) is 7.60. The van der Waals surface area contributed by atoms with Crippen LogP contribution in [0, 0.1) is 6.92 Å². The lowest BCUT2D eigenvalue weighted by molar-refractivity contribution is -0.149. The minimum atomic E-state index is -0.769. The van der Waals surface area contributed by atoms with Crippen molar-refractivity contribution >= 4 is 35.1 Å². The Morgan fingerprint density at radius 1 is 1.12 bits per heavy atom. The molecule has 0 spiro atoms. The molecule has 136 valence electrons. The number of amides is 2. The number of benzene rings is 2. The predicted molar refractivity (Wildman–Crippen MR) is 96.2 cm³/mol. The summed E-state index contributed by atoms with van der Waals surface area (Å²) in [5.74, 6) is -1.83. The van der Waals surface area contributed by atoms with Crippen LogP contribution in [0.4, 0.5) is 5.69 Å². The van der Waals surface area contributed by atoms with Gasteiger partial charge >= 0.3 is 5.97 Å². The quantitative estimate of drug-likeness (QED) is 0.721. The van der Waals surface area contributed by atoms with E-state index in [0.29, 0.717) is 10.7 Å². The number of hydrogen-bond acceptors (Lipinski definition) is 5. The van der Waals surface area contributed by atoms with Gasteiger partial charge in [0.15, 0.2) is 13.2 Å². The number of para-hydroxylation sites is 1. The van der Waals surface area contributed by atoms with Crippen molar-refractivity contribution in [3.05, 3.63) is 58.6 Å². The van der Waals surface area contributed by atoms with Crippen LogP contribution < -0.4 is 15.8 Å². The first-order valence-corrected chi connectivity index (χ1v) is 7.98. The number of aryl methyl sites for hydroxylation is 1. The lowest BCUT2D eigenvalue weighted by Crippen LogP contribution is -2.24. The molecular formula is C18H17ClN2O5.